The Bertz CT molecular complexity index is 2400. The van der Waals surface area contributed by atoms with Crippen molar-refractivity contribution in [3.63, 3.8) is 0 Å². The lowest BCUT2D eigenvalue weighted by molar-refractivity contribution is -0.161. The number of hydrogen-bond acceptors (Lipinski definition) is 15. The first-order valence-electron chi connectivity index (χ1n) is 36.1. The fraction of sp³-hybridized carbons (Fsp3) is 0.636. The lowest BCUT2D eigenvalue weighted by atomic mass is 10.1. The third kappa shape index (κ3) is 67.5. The highest BCUT2D eigenvalue weighted by Crippen LogP contribution is 2.45. The highest BCUT2D eigenvalue weighted by atomic mass is 31.2. The molecule has 0 radical (unpaired) electrons. The summed E-state index contributed by atoms with van der Waals surface area (Å²) in [5, 5.41) is 10.6. The van der Waals surface area contributed by atoms with Crippen molar-refractivity contribution in [2.75, 3.05) is 39.6 Å². The van der Waals surface area contributed by atoms with E-state index in [1.165, 1.54) is 25.7 Å². The molecule has 3 N–H and O–H groups in total. The molecule has 0 aromatic heterocycles. The molecule has 0 amide bonds. The predicted molar refractivity (Wildman–Crippen MR) is 390 cm³/mol. The SMILES string of the molecule is CC/C=C\C/C=C\C/C=C\C/C=C\C/C=C\C/C=C\CCC(=O)OCC(COP(=O)(O)OCC(O)COP(=O)(O)OCC(COC(=O)CCCCCCC/C=C\CCCC)OC(=O)CCCCCCC/C=C\CCCC)OC(=O)CCCC/C=C\C/C=C\C/C=C\C/C=C\CC. The molecule has 0 aromatic rings. The number of carbonyl (C=O) groups excluding carboxylic acids is 4. The van der Waals surface area contributed by atoms with Crippen molar-refractivity contribution in [1.29, 1.82) is 0 Å². The number of phosphoric acid groups is 2. The topological polar surface area (TPSA) is 237 Å². The molecule has 0 aromatic carbocycles. The average Bonchev–Trinajstić information content (AvgIpc) is 1.41. The van der Waals surface area contributed by atoms with Gasteiger partial charge in [-0.1, -0.05) is 238 Å². The number of unbranched alkanes of at least 4 members (excludes halogenated alkanes) is 16. The lowest BCUT2D eigenvalue weighted by Gasteiger charge is -2.21. The van der Waals surface area contributed by atoms with E-state index in [0.717, 1.165) is 141 Å². The van der Waals surface area contributed by atoms with Crippen LogP contribution in [0.15, 0.2) is 146 Å². The van der Waals surface area contributed by atoms with E-state index in [1.807, 2.05) is 24.3 Å². The number of ether oxygens (including phenoxy) is 4. The van der Waals surface area contributed by atoms with Crippen LogP contribution in [0.3, 0.4) is 0 Å². The van der Waals surface area contributed by atoms with Crippen LogP contribution in [0.1, 0.15) is 259 Å². The van der Waals surface area contributed by atoms with Crippen molar-refractivity contribution in [3.05, 3.63) is 146 Å². The summed E-state index contributed by atoms with van der Waals surface area (Å²) in [4.78, 5) is 72.6. The highest BCUT2D eigenvalue weighted by Gasteiger charge is 2.30. The van der Waals surface area contributed by atoms with E-state index < -0.39 is 97.5 Å². The van der Waals surface area contributed by atoms with Crippen molar-refractivity contribution in [2.24, 2.45) is 0 Å². The number of carbonyl (C=O) groups is 4. The van der Waals surface area contributed by atoms with Crippen LogP contribution in [0.25, 0.3) is 0 Å². The number of hydrogen-bond donors (Lipinski definition) is 3. The van der Waals surface area contributed by atoms with Gasteiger partial charge >= 0.3 is 39.5 Å². The van der Waals surface area contributed by atoms with E-state index in [-0.39, 0.29) is 25.7 Å². The summed E-state index contributed by atoms with van der Waals surface area (Å²) in [6.07, 6.45) is 76.0. The molecule has 0 aliphatic rings. The fourth-order valence-corrected chi connectivity index (χ4v) is 10.4. The van der Waals surface area contributed by atoms with Gasteiger partial charge in [0.25, 0.3) is 0 Å². The molecule has 0 rings (SSSR count). The summed E-state index contributed by atoms with van der Waals surface area (Å²) in [7, 11) is -9.98. The molecule has 0 spiro atoms. The molecule has 19 heteroatoms. The molecule has 0 saturated carbocycles. The fourth-order valence-electron chi connectivity index (χ4n) is 8.78. The standard InChI is InChI=1S/C77H126O17P2/c1-5-9-13-17-21-25-29-31-33-34-35-36-38-39-43-46-50-54-58-62-75(80)88-68-73(94-77(82)64-60-56-52-48-44-40-37-32-30-26-22-18-14-10-6-2)70-92-96(85,86)90-66-71(78)65-89-95(83,84)91-69-72(93-76(81)63-59-55-51-47-42-28-24-20-16-12-8-4)67-87-74(79)61-57-53-49-45-41-27-23-19-15-11-7-3/h9-10,13-14,19-26,31-33,35-37,39,43-44,48,50,54,71-73,78H,5-8,11-12,15-18,27-30,34,38,40-42,45-47,49,51-53,55-70H2,1-4H3,(H,83,84)(H,85,86)/b13-9-,14-10-,23-19-,24-20-,25-21-,26-22-,33-31-,36-35-,37-32-,43-39-,48-44-,54-50-. The Morgan fingerprint density at radius 3 is 0.927 bits per heavy atom. The predicted octanol–water partition coefficient (Wildman–Crippen LogP) is 20.3. The van der Waals surface area contributed by atoms with Crippen molar-refractivity contribution < 1.29 is 80.2 Å². The van der Waals surface area contributed by atoms with Gasteiger partial charge in [-0.2, -0.15) is 0 Å². The van der Waals surface area contributed by atoms with Crippen LogP contribution in [0, 0.1) is 0 Å². The Morgan fingerprint density at radius 1 is 0.302 bits per heavy atom. The Kier molecular flexibility index (Phi) is 64.9. The second-order valence-electron chi connectivity index (χ2n) is 23.4. The molecule has 0 aliphatic carbocycles. The van der Waals surface area contributed by atoms with Gasteiger partial charge in [-0.25, -0.2) is 9.13 Å². The van der Waals surface area contributed by atoms with Gasteiger partial charge in [-0.05, 0) is 141 Å². The largest absolute Gasteiger partial charge is 0.472 e. The zero-order valence-corrected chi connectivity index (χ0v) is 61.0. The van der Waals surface area contributed by atoms with E-state index >= 15 is 0 Å². The Morgan fingerprint density at radius 2 is 0.562 bits per heavy atom. The van der Waals surface area contributed by atoms with Crippen LogP contribution in [0.4, 0.5) is 0 Å². The number of aliphatic hydroxyl groups excluding tert-OH is 1. The van der Waals surface area contributed by atoms with E-state index in [1.54, 1.807) is 0 Å². The number of esters is 4. The van der Waals surface area contributed by atoms with Crippen LogP contribution in [-0.4, -0.2) is 96.7 Å². The number of aliphatic hydroxyl groups is 1. The van der Waals surface area contributed by atoms with Crippen molar-refractivity contribution in [1.82, 2.24) is 0 Å². The monoisotopic (exact) mass is 1380 g/mol. The number of allylic oxidation sites excluding steroid dienone is 24. The summed E-state index contributed by atoms with van der Waals surface area (Å²) in [6.45, 7) is 4.37. The van der Waals surface area contributed by atoms with Gasteiger partial charge in [0, 0.05) is 25.7 Å². The first kappa shape index (κ1) is 90.9. The molecule has 5 unspecified atom stereocenters. The first-order chi connectivity index (χ1) is 46.7. The molecule has 0 fully saturated rings. The van der Waals surface area contributed by atoms with Gasteiger partial charge in [-0.3, -0.25) is 37.3 Å². The van der Waals surface area contributed by atoms with E-state index in [2.05, 4.69) is 149 Å². The van der Waals surface area contributed by atoms with Crippen molar-refractivity contribution >= 4 is 39.5 Å². The molecule has 96 heavy (non-hydrogen) atoms. The minimum absolute atomic E-state index is 0.0219. The maximum atomic E-state index is 13.0. The average molecular weight is 1390 g/mol. The minimum Gasteiger partial charge on any atom is -0.462 e. The second kappa shape index (κ2) is 68.5. The van der Waals surface area contributed by atoms with Crippen LogP contribution in [0.2, 0.25) is 0 Å². The lowest BCUT2D eigenvalue weighted by Crippen LogP contribution is -2.30. The minimum atomic E-state index is -5.00. The van der Waals surface area contributed by atoms with Crippen LogP contribution in [-0.2, 0) is 65.4 Å². The highest BCUT2D eigenvalue weighted by molar-refractivity contribution is 7.47. The third-order valence-corrected chi connectivity index (χ3v) is 16.2. The summed E-state index contributed by atoms with van der Waals surface area (Å²) in [5.41, 5.74) is 0. The van der Waals surface area contributed by atoms with Crippen LogP contribution >= 0.6 is 15.6 Å². The van der Waals surface area contributed by atoms with Gasteiger partial charge in [0.1, 0.15) is 19.3 Å². The maximum Gasteiger partial charge on any atom is 0.472 e. The molecule has 17 nitrogen and oxygen atoms in total. The smallest absolute Gasteiger partial charge is 0.462 e. The Labute approximate surface area is 579 Å². The van der Waals surface area contributed by atoms with Gasteiger partial charge in [-0.15, -0.1) is 0 Å². The molecule has 546 valence electrons. The van der Waals surface area contributed by atoms with E-state index in [4.69, 9.17) is 37.0 Å². The van der Waals surface area contributed by atoms with Gasteiger partial charge < -0.3 is 33.8 Å². The molecule has 0 bridgehead atoms. The number of phosphoric ester groups is 2. The normalized spacial score (nSPS) is 14.9. The van der Waals surface area contributed by atoms with Crippen molar-refractivity contribution in [2.45, 2.75) is 277 Å². The van der Waals surface area contributed by atoms with Gasteiger partial charge in [0.05, 0.1) is 26.4 Å². The maximum absolute atomic E-state index is 13.0. The summed E-state index contributed by atoms with van der Waals surface area (Å²) < 4.78 is 68.1. The first-order valence-corrected chi connectivity index (χ1v) is 39.1. The Hall–Kier alpha value is -5.06. The summed E-state index contributed by atoms with van der Waals surface area (Å²) in [5.74, 6) is -2.36. The third-order valence-electron chi connectivity index (χ3n) is 14.3. The molecular formula is C77H126O17P2. The quantitative estimate of drug-likeness (QED) is 0.0169. The van der Waals surface area contributed by atoms with Gasteiger partial charge in [0.15, 0.2) is 12.2 Å². The second-order valence-corrected chi connectivity index (χ2v) is 26.3. The van der Waals surface area contributed by atoms with Crippen LogP contribution < -0.4 is 0 Å². The zero-order chi connectivity index (χ0) is 70.4. The molecule has 5 atom stereocenters. The van der Waals surface area contributed by atoms with Crippen LogP contribution in [0.5, 0.6) is 0 Å². The Balaban J connectivity index is 5.45. The molecule has 0 saturated heterocycles. The van der Waals surface area contributed by atoms with E-state index in [0.29, 0.717) is 38.5 Å². The molecule has 0 aliphatic heterocycles. The molecule has 0 heterocycles. The summed E-state index contributed by atoms with van der Waals surface area (Å²) >= 11 is 0. The zero-order valence-electron chi connectivity index (χ0n) is 59.2. The van der Waals surface area contributed by atoms with Crippen molar-refractivity contribution in [3.8, 4) is 0 Å². The summed E-state index contributed by atoms with van der Waals surface area (Å²) in [6, 6.07) is 0. The van der Waals surface area contributed by atoms with E-state index in [9.17, 15) is 43.2 Å². The number of rotatable bonds is 66. The molecular weight excluding hydrogens is 1260 g/mol. The van der Waals surface area contributed by atoms with Gasteiger partial charge in [0.2, 0.25) is 0 Å².